The van der Waals surface area contributed by atoms with Crippen LogP contribution in [0.25, 0.3) is 0 Å². The maximum atomic E-state index is 13.2. The molecule has 0 aliphatic rings. The Bertz CT molecular complexity index is 1040. The third kappa shape index (κ3) is 36.4. The lowest BCUT2D eigenvalue weighted by Crippen LogP contribution is -2.30. The summed E-state index contributed by atoms with van der Waals surface area (Å²) >= 11 is 0. The Labute approximate surface area is 352 Å². The van der Waals surface area contributed by atoms with Gasteiger partial charge in [0, 0.05) is 39.2 Å². The number of methoxy groups -OCH3 is 1. The molecule has 0 fully saturated rings. The summed E-state index contributed by atoms with van der Waals surface area (Å²) in [5, 5.41) is 0. The summed E-state index contributed by atoms with van der Waals surface area (Å²) in [6.07, 6.45) is 20.8. The summed E-state index contributed by atoms with van der Waals surface area (Å²) in [4.78, 5) is 65.7. The largest absolute Gasteiger partial charge is 0.462 e. The number of unbranched alkanes of at least 4 members (excludes halogenated alkanes) is 16. The first-order valence-electron chi connectivity index (χ1n) is 23.1. The van der Waals surface area contributed by atoms with Crippen molar-refractivity contribution >= 4 is 29.8 Å². The molecule has 0 spiro atoms. The number of esters is 5. The number of nitrogens with zero attached hydrogens (tertiary/aromatic N) is 1. The van der Waals surface area contributed by atoms with Crippen LogP contribution in [0.2, 0.25) is 0 Å². The average Bonchev–Trinajstić information content (AvgIpc) is 3.19. The third-order valence-corrected chi connectivity index (χ3v) is 10.0. The lowest BCUT2D eigenvalue weighted by molar-refractivity contribution is -0.164. The normalized spacial score (nSPS) is 12.8. The molecule has 0 saturated carbocycles. The van der Waals surface area contributed by atoms with Crippen molar-refractivity contribution in [1.29, 1.82) is 0 Å². The highest BCUT2D eigenvalue weighted by molar-refractivity contribution is 5.72. The van der Waals surface area contributed by atoms with E-state index in [1.54, 1.807) is 0 Å². The monoisotopic (exact) mass is 828 g/mol. The van der Waals surface area contributed by atoms with E-state index in [1.807, 2.05) is 19.0 Å². The molecule has 0 aliphatic heterocycles. The van der Waals surface area contributed by atoms with Gasteiger partial charge in [-0.2, -0.15) is 0 Å². The molecule has 0 bridgehead atoms. The summed E-state index contributed by atoms with van der Waals surface area (Å²) in [7, 11) is 5.33. The highest BCUT2D eigenvalue weighted by Crippen LogP contribution is 2.17. The van der Waals surface area contributed by atoms with Crippen molar-refractivity contribution in [2.45, 2.75) is 219 Å². The number of hydrogen-bond donors (Lipinski definition) is 0. The molecule has 0 saturated heterocycles. The molecule has 0 aromatic carbocycles. The molecule has 0 radical (unpaired) electrons. The van der Waals surface area contributed by atoms with Gasteiger partial charge in [0.2, 0.25) is 0 Å². The van der Waals surface area contributed by atoms with Crippen molar-refractivity contribution < 1.29 is 52.4 Å². The highest BCUT2D eigenvalue weighted by Gasteiger charge is 2.23. The molecule has 3 unspecified atom stereocenters. The van der Waals surface area contributed by atoms with E-state index in [0.29, 0.717) is 32.2 Å². The van der Waals surface area contributed by atoms with Crippen LogP contribution in [0, 0.1) is 0 Å². The van der Waals surface area contributed by atoms with Crippen LogP contribution < -0.4 is 0 Å². The van der Waals surface area contributed by atoms with Crippen LogP contribution in [0.3, 0.4) is 0 Å². The third-order valence-electron chi connectivity index (χ3n) is 10.0. The number of carbonyl (C=O) groups excluding carboxylic acids is 5. The zero-order valence-corrected chi connectivity index (χ0v) is 37.8. The standard InChI is InChI=1S/C46H85NO11/c1-7-10-13-16-19-20-23-27-40(37-54-42(48)28-24-21-17-14-11-8-2)57-45(51)33-31-39(56-44(50)30-26-35-47(4)5)32-34-46(52)58-41(36-53-6)38-55-43(49)29-25-22-18-15-12-9-3/h39-41H,7-38H2,1-6H3. The molecule has 0 aromatic heterocycles. The molecule has 340 valence electrons. The summed E-state index contributed by atoms with van der Waals surface area (Å²) in [6.45, 7) is 7.21. The first-order valence-corrected chi connectivity index (χ1v) is 23.1. The maximum absolute atomic E-state index is 13.2. The first-order chi connectivity index (χ1) is 28.0. The first kappa shape index (κ1) is 55.3. The number of hydrogen-bond acceptors (Lipinski definition) is 12. The van der Waals surface area contributed by atoms with Gasteiger partial charge in [-0.15, -0.1) is 0 Å². The number of ether oxygens (including phenoxy) is 6. The van der Waals surface area contributed by atoms with Crippen molar-refractivity contribution in [2.75, 3.05) is 47.6 Å². The Hall–Kier alpha value is -2.73. The van der Waals surface area contributed by atoms with Crippen LogP contribution in [-0.2, 0) is 52.4 Å². The van der Waals surface area contributed by atoms with E-state index in [0.717, 1.165) is 64.2 Å². The Morgan fingerprint density at radius 2 is 0.776 bits per heavy atom. The molecule has 3 atom stereocenters. The van der Waals surface area contributed by atoms with Crippen molar-refractivity contribution in [2.24, 2.45) is 0 Å². The fraction of sp³-hybridized carbons (Fsp3) is 0.891. The Morgan fingerprint density at radius 1 is 0.397 bits per heavy atom. The zero-order chi connectivity index (χ0) is 43.1. The van der Waals surface area contributed by atoms with Crippen LogP contribution >= 0.6 is 0 Å². The predicted octanol–water partition coefficient (Wildman–Crippen LogP) is 10.00. The molecule has 12 heteroatoms. The zero-order valence-electron chi connectivity index (χ0n) is 37.8. The van der Waals surface area contributed by atoms with Crippen molar-refractivity contribution in [1.82, 2.24) is 4.90 Å². The molecule has 0 amide bonds. The lowest BCUT2D eigenvalue weighted by Gasteiger charge is -2.21. The van der Waals surface area contributed by atoms with E-state index in [-0.39, 0.29) is 63.9 Å². The second-order valence-corrected chi connectivity index (χ2v) is 16.1. The molecular formula is C46H85NO11. The van der Waals surface area contributed by atoms with Crippen LogP contribution in [0.5, 0.6) is 0 Å². The second-order valence-electron chi connectivity index (χ2n) is 16.1. The van der Waals surface area contributed by atoms with Gasteiger partial charge in [0.05, 0.1) is 6.61 Å². The van der Waals surface area contributed by atoms with E-state index in [1.165, 1.54) is 64.9 Å². The molecule has 0 aliphatic carbocycles. The molecule has 0 N–H and O–H groups in total. The topological polar surface area (TPSA) is 144 Å². The predicted molar refractivity (Wildman–Crippen MR) is 228 cm³/mol. The number of rotatable bonds is 41. The Balaban J connectivity index is 5.26. The minimum atomic E-state index is -0.777. The Kier molecular flexibility index (Phi) is 37.8. The fourth-order valence-corrected chi connectivity index (χ4v) is 6.52. The molecule has 0 rings (SSSR count). The van der Waals surface area contributed by atoms with Gasteiger partial charge in [-0.05, 0) is 65.6 Å². The van der Waals surface area contributed by atoms with E-state index in [2.05, 4.69) is 20.8 Å². The van der Waals surface area contributed by atoms with Crippen LogP contribution in [0.1, 0.15) is 201 Å². The van der Waals surface area contributed by atoms with Crippen LogP contribution in [0.15, 0.2) is 0 Å². The lowest BCUT2D eigenvalue weighted by atomic mass is 10.1. The van der Waals surface area contributed by atoms with Crippen LogP contribution in [-0.4, -0.2) is 101 Å². The Morgan fingerprint density at radius 3 is 1.24 bits per heavy atom. The van der Waals surface area contributed by atoms with E-state index >= 15 is 0 Å². The van der Waals surface area contributed by atoms with Gasteiger partial charge >= 0.3 is 29.8 Å². The van der Waals surface area contributed by atoms with Gasteiger partial charge in [0.1, 0.15) is 25.4 Å². The minimum Gasteiger partial charge on any atom is -0.462 e. The summed E-state index contributed by atoms with van der Waals surface area (Å²) < 4.78 is 33.4. The van der Waals surface area contributed by atoms with Crippen molar-refractivity contribution in [3.8, 4) is 0 Å². The molecule has 0 aromatic rings. The second kappa shape index (κ2) is 39.7. The fourth-order valence-electron chi connectivity index (χ4n) is 6.52. The highest BCUT2D eigenvalue weighted by atomic mass is 16.6. The minimum absolute atomic E-state index is 0.0172. The van der Waals surface area contributed by atoms with E-state index in [4.69, 9.17) is 28.4 Å². The van der Waals surface area contributed by atoms with Gasteiger partial charge in [-0.3, -0.25) is 24.0 Å². The molecule has 58 heavy (non-hydrogen) atoms. The van der Waals surface area contributed by atoms with Gasteiger partial charge in [-0.25, -0.2) is 0 Å². The van der Waals surface area contributed by atoms with E-state index in [9.17, 15) is 24.0 Å². The average molecular weight is 828 g/mol. The van der Waals surface area contributed by atoms with Gasteiger partial charge in [-0.1, -0.05) is 124 Å². The van der Waals surface area contributed by atoms with Gasteiger partial charge in [0.25, 0.3) is 0 Å². The number of carbonyl (C=O) groups is 5. The molecular weight excluding hydrogens is 743 g/mol. The quantitative estimate of drug-likeness (QED) is 0.0329. The maximum Gasteiger partial charge on any atom is 0.306 e. The van der Waals surface area contributed by atoms with E-state index < -0.39 is 36.2 Å². The summed E-state index contributed by atoms with van der Waals surface area (Å²) in [5.74, 6) is -2.04. The molecule has 0 heterocycles. The van der Waals surface area contributed by atoms with Crippen LogP contribution in [0.4, 0.5) is 0 Å². The van der Waals surface area contributed by atoms with Gasteiger partial charge < -0.3 is 33.3 Å². The van der Waals surface area contributed by atoms with Gasteiger partial charge in [0.15, 0.2) is 6.10 Å². The molecule has 12 nitrogen and oxygen atoms in total. The van der Waals surface area contributed by atoms with Crippen molar-refractivity contribution in [3.63, 3.8) is 0 Å². The smallest absolute Gasteiger partial charge is 0.306 e. The van der Waals surface area contributed by atoms with Crippen molar-refractivity contribution in [3.05, 3.63) is 0 Å². The SMILES string of the molecule is CCCCCCCCCC(COC(=O)CCCCCCCC)OC(=O)CCC(CCC(=O)OC(COC)COC(=O)CCCCCCCC)OC(=O)CCCN(C)C. The summed E-state index contributed by atoms with van der Waals surface area (Å²) in [5.41, 5.74) is 0. The summed E-state index contributed by atoms with van der Waals surface area (Å²) in [6, 6.07) is 0.